The molecule has 0 fully saturated rings. The molecule has 3 rings (SSSR count). The van der Waals surface area contributed by atoms with Gasteiger partial charge in [0.15, 0.2) is 0 Å². The molecule has 0 radical (unpaired) electrons. The lowest BCUT2D eigenvalue weighted by Gasteiger charge is -2.03. The molecule has 0 unspecified atom stereocenters. The summed E-state index contributed by atoms with van der Waals surface area (Å²) in [6, 6.07) is 13.3. The van der Waals surface area contributed by atoms with Gasteiger partial charge in [0.2, 0.25) is 0 Å². The molecular formula is C16H9BrClIN2O. The summed E-state index contributed by atoms with van der Waals surface area (Å²) in [5.41, 5.74) is 2.00. The monoisotopic (exact) mass is 486 g/mol. The number of hydrogen-bond donors (Lipinski definition) is 1. The van der Waals surface area contributed by atoms with Gasteiger partial charge in [0.1, 0.15) is 11.5 Å². The normalized spacial score (nSPS) is 15.9. The highest BCUT2D eigenvalue weighted by Crippen LogP contribution is 2.23. The van der Waals surface area contributed by atoms with Crippen LogP contribution in [0.4, 0.5) is 0 Å². The van der Waals surface area contributed by atoms with Crippen LogP contribution in [0.2, 0.25) is 5.02 Å². The molecule has 1 aliphatic rings. The Morgan fingerprint density at radius 2 is 1.91 bits per heavy atom. The van der Waals surface area contributed by atoms with Gasteiger partial charge in [0, 0.05) is 13.6 Å². The SMILES string of the molecule is O=C1NC(c2cc(I)ccc2Cl)=NC1=Cc1ccc(Br)cc1. The highest BCUT2D eigenvalue weighted by atomic mass is 127. The maximum atomic E-state index is 12.1. The molecule has 0 saturated carbocycles. The van der Waals surface area contributed by atoms with Crippen molar-refractivity contribution in [3.8, 4) is 0 Å². The molecule has 110 valence electrons. The van der Waals surface area contributed by atoms with Crippen LogP contribution in [-0.2, 0) is 4.79 Å². The quantitative estimate of drug-likeness (QED) is 0.487. The first-order valence-corrected chi connectivity index (χ1v) is 8.60. The zero-order valence-corrected chi connectivity index (χ0v) is 15.6. The number of aliphatic imine (C=N–C) groups is 1. The number of amidine groups is 1. The van der Waals surface area contributed by atoms with Gasteiger partial charge >= 0.3 is 0 Å². The van der Waals surface area contributed by atoms with E-state index in [4.69, 9.17) is 11.6 Å². The summed E-state index contributed by atoms with van der Waals surface area (Å²) in [7, 11) is 0. The van der Waals surface area contributed by atoms with Crippen molar-refractivity contribution in [3.63, 3.8) is 0 Å². The maximum absolute atomic E-state index is 12.1. The summed E-state index contributed by atoms with van der Waals surface area (Å²) in [5, 5.41) is 3.33. The van der Waals surface area contributed by atoms with Gasteiger partial charge in [-0.15, -0.1) is 0 Å². The van der Waals surface area contributed by atoms with E-state index >= 15 is 0 Å². The van der Waals surface area contributed by atoms with Gasteiger partial charge in [0.25, 0.3) is 5.91 Å². The average Bonchev–Trinajstić information content (AvgIpc) is 2.85. The fourth-order valence-electron chi connectivity index (χ4n) is 1.99. The number of nitrogens with one attached hydrogen (secondary N) is 1. The number of halogens is 3. The van der Waals surface area contributed by atoms with Crippen LogP contribution in [0.5, 0.6) is 0 Å². The first-order chi connectivity index (χ1) is 10.5. The number of hydrogen-bond acceptors (Lipinski definition) is 2. The van der Waals surface area contributed by atoms with E-state index in [1.54, 1.807) is 12.1 Å². The lowest BCUT2D eigenvalue weighted by Crippen LogP contribution is -2.25. The Balaban J connectivity index is 1.97. The zero-order chi connectivity index (χ0) is 15.7. The fourth-order valence-corrected chi connectivity index (χ4v) is 2.95. The lowest BCUT2D eigenvalue weighted by molar-refractivity contribution is -0.115. The van der Waals surface area contributed by atoms with Crippen LogP contribution < -0.4 is 5.32 Å². The van der Waals surface area contributed by atoms with Crippen LogP contribution in [-0.4, -0.2) is 11.7 Å². The minimum Gasteiger partial charge on any atom is -0.305 e. The number of benzene rings is 2. The van der Waals surface area contributed by atoms with E-state index in [0.717, 1.165) is 19.2 Å². The first-order valence-electron chi connectivity index (χ1n) is 6.36. The van der Waals surface area contributed by atoms with Gasteiger partial charge in [-0.25, -0.2) is 4.99 Å². The molecule has 1 aliphatic heterocycles. The standard InChI is InChI=1S/C16H9BrClIN2O/c17-10-3-1-9(2-4-10)7-14-16(22)21-15(20-14)12-8-11(19)5-6-13(12)18/h1-8H,(H,20,21,22). The van der Waals surface area contributed by atoms with Crippen molar-refractivity contribution in [3.05, 3.63) is 72.4 Å². The molecule has 0 saturated heterocycles. The lowest BCUT2D eigenvalue weighted by atomic mass is 10.2. The van der Waals surface area contributed by atoms with Gasteiger partial charge in [0.05, 0.1) is 5.02 Å². The largest absolute Gasteiger partial charge is 0.305 e. The summed E-state index contributed by atoms with van der Waals surface area (Å²) in [6.07, 6.45) is 1.75. The Morgan fingerprint density at radius 3 is 2.64 bits per heavy atom. The number of amides is 1. The van der Waals surface area contributed by atoms with Gasteiger partial charge in [-0.2, -0.15) is 0 Å². The third-order valence-electron chi connectivity index (χ3n) is 3.05. The van der Waals surface area contributed by atoms with E-state index < -0.39 is 0 Å². The highest BCUT2D eigenvalue weighted by molar-refractivity contribution is 14.1. The van der Waals surface area contributed by atoms with E-state index in [1.807, 2.05) is 36.4 Å². The highest BCUT2D eigenvalue weighted by Gasteiger charge is 2.22. The van der Waals surface area contributed by atoms with Crippen LogP contribution >= 0.6 is 50.1 Å². The summed E-state index contributed by atoms with van der Waals surface area (Å²) < 4.78 is 2.01. The molecule has 1 N–H and O–H groups in total. The second-order valence-electron chi connectivity index (χ2n) is 4.62. The van der Waals surface area contributed by atoms with E-state index in [9.17, 15) is 4.79 Å². The molecule has 1 amide bonds. The number of carbonyl (C=O) groups is 1. The molecule has 22 heavy (non-hydrogen) atoms. The van der Waals surface area contributed by atoms with Gasteiger partial charge < -0.3 is 5.32 Å². The van der Waals surface area contributed by atoms with Crippen molar-refractivity contribution >= 4 is 67.9 Å². The Kier molecular flexibility index (Phi) is 4.65. The number of rotatable bonds is 2. The van der Waals surface area contributed by atoms with Crippen LogP contribution in [0.3, 0.4) is 0 Å². The average molecular weight is 488 g/mol. The molecule has 3 nitrogen and oxygen atoms in total. The molecule has 0 aliphatic carbocycles. The third-order valence-corrected chi connectivity index (χ3v) is 4.58. The van der Waals surface area contributed by atoms with Crippen molar-refractivity contribution in [1.82, 2.24) is 5.32 Å². The summed E-state index contributed by atoms with van der Waals surface area (Å²) in [5.74, 6) is 0.254. The third kappa shape index (κ3) is 3.42. The minimum atomic E-state index is -0.229. The number of carbonyl (C=O) groups excluding carboxylic acids is 1. The molecule has 0 bridgehead atoms. The van der Waals surface area contributed by atoms with Crippen LogP contribution in [0, 0.1) is 3.57 Å². The van der Waals surface area contributed by atoms with Gasteiger partial charge in [-0.3, -0.25) is 4.79 Å². The molecule has 0 aromatic heterocycles. The van der Waals surface area contributed by atoms with E-state index in [1.165, 1.54) is 0 Å². The van der Waals surface area contributed by atoms with Gasteiger partial charge in [-0.1, -0.05) is 39.7 Å². The van der Waals surface area contributed by atoms with Crippen molar-refractivity contribution in [2.75, 3.05) is 0 Å². The topological polar surface area (TPSA) is 41.5 Å². The second kappa shape index (κ2) is 6.52. The molecule has 0 atom stereocenters. The predicted octanol–water partition coefficient (Wildman–Crippen LogP) is 4.62. The zero-order valence-electron chi connectivity index (χ0n) is 11.1. The second-order valence-corrected chi connectivity index (χ2v) is 7.19. The smallest absolute Gasteiger partial charge is 0.275 e. The van der Waals surface area contributed by atoms with E-state index in [-0.39, 0.29) is 5.91 Å². The fraction of sp³-hybridized carbons (Fsp3) is 0. The van der Waals surface area contributed by atoms with Crippen LogP contribution in [0.25, 0.3) is 6.08 Å². The summed E-state index contributed by atoms with van der Waals surface area (Å²) in [4.78, 5) is 16.5. The molecule has 1 heterocycles. The first kappa shape index (κ1) is 15.7. The van der Waals surface area contributed by atoms with Crippen LogP contribution in [0.15, 0.2) is 57.6 Å². The molecule has 6 heteroatoms. The Labute approximate surface area is 154 Å². The van der Waals surface area contributed by atoms with Gasteiger partial charge in [-0.05, 0) is 64.6 Å². The molecule has 0 spiro atoms. The molecule has 2 aromatic rings. The maximum Gasteiger partial charge on any atom is 0.275 e. The van der Waals surface area contributed by atoms with E-state index in [2.05, 4.69) is 48.8 Å². The molecule has 2 aromatic carbocycles. The van der Waals surface area contributed by atoms with Crippen molar-refractivity contribution < 1.29 is 4.79 Å². The van der Waals surface area contributed by atoms with Crippen molar-refractivity contribution in [2.45, 2.75) is 0 Å². The Hall–Kier alpha value is -1.18. The predicted molar refractivity (Wildman–Crippen MR) is 101 cm³/mol. The number of nitrogens with zero attached hydrogens (tertiary/aromatic N) is 1. The van der Waals surface area contributed by atoms with E-state index in [0.29, 0.717) is 16.6 Å². The Bertz CT molecular complexity index is 815. The van der Waals surface area contributed by atoms with Crippen LogP contribution in [0.1, 0.15) is 11.1 Å². The Morgan fingerprint density at radius 1 is 1.18 bits per heavy atom. The minimum absolute atomic E-state index is 0.229. The van der Waals surface area contributed by atoms with Crippen molar-refractivity contribution in [1.29, 1.82) is 0 Å². The summed E-state index contributed by atoms with van der Waals surface area (Å²) >= 11 is 11.8. The van der Waals surface area contributed by atoms with Crippen molar-refractivity contribution in [2.24, 2.45) is 4.99 Å². The summed E-state index contributed by atoms with van der Waals surface area (Å²) in [6.45, 7) is 0. The molecular weight excluding hydrogens is 478 g/mol.